The first-order chi connectivity index (χ1) is 12.5. The fraction of sp³-hybridized carbons (Fsp3) is 0.333. The van der Waals surface area contributed by atoms with Crippen molar-refractivity contribution >= 4 is 16.9 Å². The first kappa shape index (κ1) is 18.1. The maximum absolute atomic E-state index is 12.2. The van der Waals surface area contributed by atoms with Gasteiger partial charge in [-0.2, -0.15) is 0 Å². The molecule has 3 rings (SSSR count). The Morgan fingerprint density at radius 3 is 2.58 bits per heavy atom. The molecule has 1 aromatic heterocycles. The number of nitrogens with two attached hydrogens (primary N) is 1. The Kier molecular flexibility index (Phi) is 5.38. The Morgan fingerprint density at radius 1 is 1.15 bits per heavy atom. The van der Waals surface area contributed by atoms with E-state index in [0.29, 0.717) is 13.0 Å². The van der Waals surface area contributed by atoms with Gasteiger partial charge in [0.1, 0.15) is 0 Å². The normalized spacial score (nSPS) is 13.5. The molecule has 0 spiro atoms. The fourth-order valence-electron chi connectivity index (χ4n) is 3.11. The standard InChI is InChI=1S/C21H26N4O/c1-3-12-21(2,22)20(26)23-13-16-8-10-17(11-9-16)14-25-15-24-18-6-4-5-7-19(18)25/h4-11,15H,3,12-14,22H2,1-2H3,(H,23,26). The minimum Gasteiger partial charge on any atom is -0.350 e. The van der Waals surface area contributed by atoms with Crippen LogP contribution in [0.3, 0.4) is 0 Å². The summed E-state index contributed by atoms with van der Waals surface area (Å²) in [6.45, 7) is 5.07. The summed E-state index contributed by atoms with van der Waals surface area (Å²) in [7, 11) is 0. The van der Waals surface area contributed by atoms with Gasteiger partial charge in [0.25, 0.3) is 0 Å². The van der Waals surface area contributed by atoms with Gasteiger partial charge in [0.15, 0.2) is 0 Å². The summed E-state index contributed by atoms with van der Waals surface area (Å²) in [5, 5.41) is 2.93. The van der Waals surface area contributed by atoms with Gasteiger partial charge in [-0.05, 0) is 36.6 Å². The summed E-state index contributed by atoms with van der Waals surface area (Å²) in [5.74, 6) is -0.103. The van der Waals surface area contributed by atoms with Crippen LogP contribution in [-0.2, 0) is 17.9 Å². The zero-order chi connectivity index (χ0) is 18.6. The maximum Gasteiger partial charge on any atom is 0.240 e. The average molecular weight is 350 g/mol. The molecule has 2 aromatic carbocycles. The van der Waals surface area contributed by atoms with E-state index in [1.165, 1.54) is 5.56 Å². The Bertz CT molecular complexity index is 880. The lowest BCUT2D eigenvalue weighted by atomic mass is 9.96. The number of nitrogens with zero attached hydrogens (tertiary/aromatic N) is 2. The highest BCUT2D eigenvalue weighted by molar-refractivity contribution is 5.85. The van der Waals surface area contributed by atoms with Gasteiger partial charge in [0, 0.05) is 13.1 Å². The molecular formula is C21H26N4O. The van der Waals surface area contributed by atoms with Crippen molar-refractivity contribution in [1.29, 1.82) is 0 Å². The number of imidazole rings is 1. The number of nitrogens with one attached hydrogen (secondary N) is 1. The van der Waals surface area contributed by atoms with Gasteiger partial charge in [-0.1, -0.05) is 49.7 Å². The number of aromatic nitrogens is 2. The molecule has 3 N–H and O–H groups in total. The van der Waals surface area contributed by atoms with Crippen LogP contribution in [0.2, 0.25) is 0 Å². The number of carbonyl (C=O) groups excluding carboxylic acids is 1. The topological polar surface area (TPSA) is 72.9 Å². The SMILES string of the molecule is CCCC(C)(N)C(=O)NCc1ccc(Cn2cnc3ccccc32)cc1. The largest absolute Gasteiger partial charge is 0.350 e. The number of para-hydroxylation sites is 2. The molecule has 0 saturated heterocycles. The quantitative estimate of drug-likeness (QED) is 0.687. The van der Waals surface area contributed by atoms with E-state index in [1.807, 2.05) is 43.6 Å². The lowest BCUT2D eigenvalue weighted by molar-refractivity contribution is -0.126. The van der Waals surface area contributed by atoms with Crippen LogP contribution in [0.5, 0.6) is 0 Å². The fourth-order valence-corrected chi connectivity index (χ4v) is 3.11. The molecule has 26 heavy (non-hydrogen) atoms. The smallest absolute Gasteiger partial charge is 0.240 e. The molecule has 5 heteroatoms. The number of carbonyl (C=O) groups is 1. The average Bonchev–Trinajstić information content (AvgIpc) is 3.04. The highest BCUT2D eigenvalue weighted by Gasteiger charge is 2.26. The van der Waals surface area contributed by atoms with E-state index in [0.717, 1.165) is 29.6 Å². The second-order valence-electron chi connectivity index (χ2n) is 7.03. The van der Waals surface area contributed by atoms with E-state index in [2.05, 4.69) is 33.1 Å². The highest BCUT2D eigenvalue weighted by atomic mass is 16.2. The summed E-state index contributed by atoms with van der Waals surface area (Å²) >= 11 is 0. The molecule has 1 heterocycles. The van der Waals surface area contributed by atoms with E-state index < -0.39 is 5.54 Å². The molecule has 0 fully saturated rings. The van der Waals surface area contributed by atoms with Crippen LogP contribution in [0.15, 0.2) is 54.9 Å². The van der Waals surface area contributed by atoms with Crippen molar-refractivity contribution < 1.29 is 4.79 Å². The molecule has 1 atom stereocenters. The van der Waals surface area contributed by atoms with Crippen LogP contribution in [-0.4, -0.2) is 21.0 Å². The first-order valence-corrected chi connectivity index (χ1v) is 9.04. The highest BCUT2D eigenvalue weighted by Crippen LogP contribution is 2.15. The van der Waals surface area contributed by atoms with Crippen LogP contribution in [0, 0.1) is 0 Å². The minimum atomic E-state index is -0.808. The number of amides is 1. The Morgan fingerprint density at radius 2 is 1.85 bits per heavy atom. The van der Waals surface area contributed by atoms with Crippen molar-refractivity contribution in [3.05, 3.63) is 66.0 Å². The van der Waals surface area contributed by atoms with E-state index in [-0.39, 0.29) is 5.91 Å². The lowest BCUT2D eigenvalue weighted by Crippen LogP contribution is -2.51. The van der Waals surface area contributed by atoms with Crippen molar-refractivity contribution in [1.82, 2.24) is 14.9 Å². The van der Waals surface area contributed by atoms with Crippen LogP contribution >= 0.6 is 0 Å². The Hall–Kier alpha value is -2.66. The zero-order valence-electron chi connectivity index (χ0n) is 15.4. The number of hydrogen-bond donors (Lipinski definition) is 2. The molecule has 0 aliphatic rings. The molecule has 1 unspecified atom stereocenters. The predicted octanol–water partition coefficient (Wildman–Crippen LogP) is 3.22. The summed E-state index contributed by atoms with van der Waals surface area (Å²) < 4.78 is 2.14. The van der Waals surface area contributed by atoms with Gasteiger partial charge in [-0.25, -0.2) is 4.98 Å². The molecule has 0 radical (unpaired) electrons. The van der Waals surface area contributed by atoms with Crippen molar-refractivity contribution in [3.63, 3.8) is 0 Å². The zero-order valence-corrected chi connectivity index (χ0v) is 15.4. The third kappa shape index (κ3) is 4.11. The van der Waals surface area contributed by atoms with Crippen LogP contribution in [0.4, 0.5) is 0 Å². The van der Waals surface area contributed by atoms with E-state index in [9.17, 15) is 4.79 Å². The third-order valence-electron chi connectivity index (χ3n) is 4.64. The van der Waals surface area contributed by atoms with Gasteiger partial charge >= 0.3 is 0 Å². The molecular weight excluding hydrogens is 324 g/mol. The maximum atomic E-state index is 12.2. The van der Waals surface area contributed by atoms with Crippen LogP contribution in [0.1, 0.15) is 37.8 Å². The van der Waals surface area contributed by atoms with E-state index in [4.69, 9.17) is 5.73 Å². The molecule has 0 bridgehead atoms. The molecule has 0 aliphatic heterocycles. The van der Waals surface area contributed by atoms with Gasteiger partial charge < -0.3 is 15.6 Å². The minimum absolute atomic E-state index is 0.103. The van der Waals surface area contributed by atoms with Crippen molar-refractivity contribution in [2.45, 2.75) is 45.3 Å². The summed E-state index contributed by atoms with van der Waals surface area (Å²) in [6.07, 6.45) is 3.43. The first-order valence-electron chi connectivity index (χ1n) is 9.04. The van der Waals surface area contributed by atoms with Gasteiger partial charge in [0.05, 0.1) is 22.9 Å². The summed E-state index contributed by atoms with van der Waals surface area (Å²) in [6, 6.07) is 16.4. The van der Waals surface area contributed by atoms with Crippen molar-refractivity contribution in [2.24, 2.45) is 5.73 Å². The monoisotopic (exact) mass is 350 g/mol. The van der Waals surface area contributed by atoms with Gasteiger partial charge in [0.2, 0.25) is 5.91 Å². The molecule has 136 valence electrons. The van der Waals surface area contributed by atoms with E-state index in [1.54, 1.807) is 6.92 Å². The molecule has 0 aliphatic carbocycles. The number of hydrogen-bond acceptors (Lipinski definition) is 3. The Labute approximate surface area is 154 Å². The summed E-state index contributed by atoms with van der Waals surface area (Å²) in [5.41, 5.74) is 9.63. The Balaban J connectivity index is 1.61. The number of fused-ring (bicyclic) bond motifs is 1. The third-order valence-corrected chi connectivity index (χ3v) is 4.64. The van der Waals surface area contributed by atoms with Crippen molar-refractivity contribution in [2.75, 3.05) is 0 Å². The summed E-state index contributed by atoms with van der Waals surface area (Å²) in [4.78, 5) is 16.6. The molecule has 3 aromatic rings. The second kappa shape index (κ2) is 7.70. The van der Waals surface area contributed by atoms with Gasteiger partial charge in [-0.3, -0.25) is 4.79 Å². The van der Waals surface area contributed by atoms with Crippen LogP contribution in [0.25, 0.3) is 11.0 Å². The van der Waals surface area contributed by atoms with Crippen LogP contribution < -0.4 is 11.1 Å². The van der Waals surface area contributed by atoms with E-state index >= 15 is 0 Å². The van der Waals surface area contributed by atoms with Crippen molar-refractivity contribution in [3.8, 4) is 0 Å². The second-order valence-corrected chi connectivity index (χ2v) is 7.03. The lowest BCUT2D eigenvalue weighted by Gasteiger charge is -2.22. The molecule has 5 nitrogen and oxygen atoms in total. The predicted molar refractivity (Wildman–Crippen MR) is 105 cm³/mol. The number of benzene rings is 2. The molecule has 1 amide bonds. The molecule has 0 saturated carbocycles. The number of rotatable bonds is 7. The van der Waals surface area contributed by atoms with Gasteiger partial charge in [-0.15, -0.1) is 0 Å².